The van der Waals surface area contributed by atoms with Crippen LogP contribution in [0.1, 0.15) is 40.9 Å². The number of fused-ring (bicyclic) bond motifs is 3. The van der Waals surface area contributed by atoms with Gasteiger partial charge in [-0.15, -0.1) is 0 Å². The van der Waals surface area contributed by atoms with Crippen molar-refractivity contribution in [2.45, 2.75) is 25.6 Å². The molecule has 0 spiro atoms. The van der Waals surface area contributed by atoms with Gasteiger partial charge in [-0.05, 0) is 43.3 Å². The molecule has 0 aliphatic carbocycles. The third-order valence-corrected chi connectivity index (χ3v) is 5.65. The minimum absolute atomic E-state index is 0.0188. The van der Waals surface area contributed by atoms with E-state index in [1.807, 2.05) is 48.3 Å². The molecule has 0 bridgehead atoms. The second-order valence-electron chi connectivity index (χ2n) is 7.61. The summed E-state index contributed by atoms with van der Waals surface area (Å²) < 4.78 is 11.6. The number of hydrogen-bond acceptors (Lipinski definition) is 6. The average Bonchev–Trinajstić information content (AvgIpc) is 3.21. The number of hydrazone groups is 1. The zero-order chi connectivity index (χ0) is 20.8. The predicted octanol–water partition coefficient (Wildman–Crippen LogP) is 4.66. The molecule has 2 heterocycles. The van der Waals surface area contributed by atoms with Gasteiger partial charge in [0.1, 0.15) is 11.5 Å². The molecule has 0 saturated heterocycles. The summed E-state index contributed by atoms with van der Waals surface area (Å²) in [5, 5.41) is 27.2. The van der Waals surface area contributed by atoms with Crippen molar-refractivity contribution < 1.29 is 19.7 Å². The van der Waals surface area contributed by atoms with Gasteiger partial charge in [0, 0.05) is 23.1 Å². The smallest absolute Gasteiger partial charge is 0.214 e. The fraction of sp³-hybridized carbons (Fsp3) is 0.208. The monoisotopic (exact) mass is 402 g/mol. The van der Waals surface area contributed by atoms with E-state index in [9.17, 15) is 10.2 Å². The largest absolute Gasteiger partial charge is 0.507 e. The van der Waals surface area contributed by atoms with Crippen molar-refractivity contribution in [1.29, 1.82) is 0 Å². The van der Waals surface area contributed by atoms with Crippen LogP contribution >= 0.6 is 0 Å². The number of hydrogen-bond donors (Lipinski definition) is 2. The maximum Gasteiger partial charge on any atom is 0.214 e. The number of nitrogens with zero attached hydrogens (tertiary/aromatic N) is 2. The highest BCUT2D eigenvalue weighted by Gasteiger charge is 2.41. The van der Waals surface area contributed by atoms with E-state index in [0.717, 1.165) is 33.7 Å². The van der Waals surface area contributed by atoms with Gasteiger partial charge in [-0.1, -0.05) is 29.8 Å². The maximum absolute atomic E-state index is 10.4. The molecule has 0 fully saturated rings. The van der Waals surface area contributed by atoms with Crippen LogP contribution in [0.4, 0.5) is 0 Å². The Morgan fingerprint density at radius 1 is 1.03 bits per heavy atom. The first-order chi connectivity index (χ1) is 14.5. The number of aromatic hydroxyl groups is 2. The van der Waals surface area contributed by atoms with Crippen molar-refractivity contribution in [3.05, 3.63) is 82.9 Å². The Bertz CT molecular complexity index is 1160. The first-order valence-electron chi connectivity index (χ1n) is 9.83. The number of aryl methyl sites for hydroxylation is 1. The molecular weight excluding hydrogens is 380 g/mol. The molecule has 6 heteroatoms. The molecule has 6 nitrogen and oxygen atoms in total. The Morgan fingerprint density at radius 3 is 2.67 bits per heavy atom. The minimum Gasteiger partial charge on any atom is -0.507 e. The number of ether oxygens (including phenoxy) is 2. The Morgan fingerprint density at radius 2 is 1.83 bits per heavy atom. The third-order valence-electron chi connectivity index (χ3n) is 5.65. The first kappa shape index (κ1) is 18.4. The zero-order valence-corrected chi connectivity index (χ0v) is 16.7. The van der Waals surface area contributed by atoms with Crippen LogP contribution in [-0.4, -0.2) is 28.0 Å². The van der Waals surface area contributed by atoms with Crippen LogP contribution in [0.2, 0.25) is 0 Å². The van der Waals surface area contributed by atoms with Crippen LogP contribution in [-0.2, 0) is 0 Å². The van der Waals surface area contributed by atoms with Crippen molar-refractivity contribution in [1.82, 2.24) is 5.01 Å². The van der Waals surface area contributed by atoms with Crippen LogP contribution in [0, 0.1) is 6.92 Å². The van der Waals surface area contributed by atoms with E-state index in [4.69, 9.17) is 14.6 Å². The molecule has 30 heavy (non-hydrogen) atoms. The minimum atomic E-state index is -0.483. The Labute approximate surface area is 174 Å². The normalized spacial score (nSPS) is 19.5. The van der Waals surface area contributed by atoms with Crippen molar-refractivity contribution in [2.24, 2.45) is 5.10 Å². The summed E-state index contributed by atoms with van der Waals surface area (Å²) in [6.07, 6.45) is 0.173. The summed E-state index contributed by atoms with van der Waals surface area (Å²) in [4.78, 5) is 0. The molecule has 2 aliphatic heterocycles. The van der Waals surface area contributed by atoms with Crippen molar-refractivity contribution in [2.75, 3.05) is 7.11 Å². The summed E-state index contributed by atoms with van der Waals surface area (Å²) in [5.74, 6) is 1.48. The lowest BCUT2D eigenvalue weighted by molar-refractivity contribution is -0.0191. The number of para-hydroxylation sites is 1. The highest BCUT2D eigenvalue weighted by molar-refractivity contribution is 6.04. The lowest BCUT2D eigenvalue weighted by Crippen LogP contribution is -2.33. The lowest BCUT2D eigenvalue weighted by atomic mass is 9.95. The number of phenolic OH excluding ortho intramolecular Hbond substituents is 2. The Kier molecular flexibility index (Phi) is 4.28. The van der Waals surface area contributed by atoms with Gasteiger partial charge in [0.2, 0.25) is 6.23 Å². The summed E-state index contributed by atoms with van der Waals surface area (Å²) >= 11 is 0. The summed E-state index contributed by atoms with van der Waals surface area (Å²) in [6, 6.07) is 18.6. The van der Waals surface area contributed by atoms with E-state index in [2.05, 4.69) is 6.07 Å². The van der Waals surface area contributed by atoms with E-state index in [1.54, 1.807) is 18.2 Å². The molecular formula is C24H22N2O4. The molecule has 0 aromatic heterocycles. The quantitative estimate of drug-likeness (QED) is 0.667. The van der Waals surface area contributed by atoms with Gasteiger partial charge in [0.15, 0.2) is 11.5 Å². The van der Waals surface area contributed by atoms with E-state index in [0.29, 0.717) is 12.2 Å². The van der Waals surface area contributed by atoms with Crippen LogP contribution in [0.15, 0.2) is 65.8 Å². The predicted molar refractivity (Wildman–Crippen MR) is 113 cm³/mol. The van der Waals surface area contributed by atoms with Gasteiger partial charge in [-0.2, -0.15) is 5.10 Å². The van der Waals surface area contributed by atoms with Gasteiger partial charge >= 0.3 is 0 Å². The van der Waals surface area contributed by atoms with Crippen LogP contribution < -0.4 is 9.47 Å². The molecule has 0 radical (unpaired) electrons. The average molecular weight is 402 g/mol. The molecule has 5 rings (SSSR count). The van der Waals surface area contributed by atoms with E-state index < -0.39 is 6.23 Å². The highest BCUT2D eigenvalue weighted by Crippen LogP contribution is 2.48. The van der Waals surface area contributed by atoms with Crippen LogP contribution in [0.25, 0.3) is 0 Å². The van der Waals surface area contributed by atoms with Crippen LogP contribution in [0.5, 0.6) is 23.0 Å². The fourth-order valence-corrected chi connectivity index (χ4v) is 4.15. The van der Waals surface area contributed by atoms with Crippen molar-refractivity contribution >= 4 is 5.71 Å². The standard InChI is InChI=1S/C24H22N2O4/c1-14-7-9-20(27)17(11-14)18-13-19-16-5-3-4-6-22(16)30-24(26(19)25-18)15-8-10-21(28)23(12-15)29-2/h3-12,19,24,27-28H,13H2,1-2H3/t19-,24+/m1/s1. The number of benzene rings is 3. The third kappa shape index (κ3) is 2.92. The van der Waals surface area contributed by atoms with Crippen LogP contribution in [0.3, 0.4) is 0 Å². The van der Waals surface area contributed by atoms with E-state index in [1.165, 1.54) is 7.11 Å². The molecule has 0 saturated carbocycles. The number of phenols is 2. The Hall–Kier alpha value is -3.67. The van der Waals surface area contributed by atoms with Gasteiger partial charge in [-0.25, -0.2) is 5.01 Å². The molecule has 3 aromatic carbocycles. The molecule has 2 aliphatic rings. The molecule has 3 aromatic rings. The highest BCUT2D eigenvalue weighted by atomic mass is 16.5. The SMILES string of the molecule is COc1cc([C@@H]2Oc3ccccc3[C@H]3CC(c4cc(C)ccc4O)=NN32)ccc1O. The molecule has 0 unspecified atom stereocenters. The van der Waals surface area contributed by atoms with Crippen molar-refractivity contribution in [3.8, 4) is 23.0 Å². The molecule has 152 valence electrons. The number of rotatable bonds is 3. The molecule has 2 N–H and O–H groups in total. The summed E-state index contributed by atoms with van der Waals surface area (Å²) in [6.45, 7) is 2.00. The second kappa shape index (κ2) is 6.99. The molecule has 0 amide bonds. The van der Waals surface area contributed by atoms with E-state index in [-0.39, 0.29) is 17.5 Å². The van der Waals surface area contributed by atoms with Gasteiger partial charge in [0.25, 0.3) is 0 Å². The fourth-order valence-electron chi connectivity index (χ4n) is 4.15. The number of methoxy groups -OCH3 is 1. The Balaban J connectivity index is 1.62. The van der Waals surface area contributed by atoms with Gasteiger partial charge in [-0.3, -0.25) is 0 Å². The summed E-state index contributed by atoms with van der Waals surface area (Å²) in [7, 11) is 1.52. The first-order valence-corrected chi connectivity index (χ1v) is 9.83. The van der Waals surface area contributed by atoms with Gasteiger partial charge in [0.05, 0.1) is 18.9 Å². The van der Waals surface area contributed by atoms with E-state index >= 15 is 0 Å². The van der Waals surface area contributed by atoms with Crippen molar-refractivity contribution in [3.63, 3.8) is 0 Å². The molecule has 2 atom stereocenters. The second-order valence-corrected chi connectivity index (χ2v) is 7.61. The summed E-state index contributed by atoms with van der Waals surface area (Å²) in [5.41, 5.74) is 4.50. The lowest BCUT2D eigenvalue weighted by Gasteiger charge is -2.38. The topological polar surface area (TPSA) is 74.5 Å². The maximum atomic E-state index is 10.4. The van der Waals surface area contributed by atoms with Gasteiger partial charge < -0.3 is 19.7 Å². The zero-order valence-electron chi connectivity index (χ0n) is 16.7.